The summed E-state index contributed by atoms with van der Waals surface area (Å²) in [5.74, 6) is 2.06. The standard InChI is InChI=1S/C9H17N5S/c1-10-5-6-14-9(11-12-13-14)15-7-8-3-2-4-8/h8,10H,2-7H2,1H3. The molecule has 1 fully saturated rings. The van der Waals surface area contributed by atoms with Crippen molar-refractivity contribution in [1.29, 1.82) is 0 Å². The fraction of sp³-hybridized carbons (Fsp3) is 0.889. The third-order valence-electron chi connectivity index (χ3n) is 2.75. The Kier molecular flexibility index (Phi) is 3.96. The van der Waals surface area contributed by atoms with Gasteiger partial charge < -0.3 is 5.32 Å². The lowest BCUT2D eigenvalue weighted by molar-refractivity contribution is 0.352. The van der Waals surface area contributed by atoms with Crippen LogP contribution in [-0.4, -0.2) is 39.6 Å². The molecule has 6 heteroatoms. The van der Waals surface area contributed by atoms with Crippen molar-refractivity contribution >= 4 is 11.8 Å². The van der Waals surface area contributed by atoms with Gasteiger partial charge >= 0.3 is 0 Å². The van der Waals surface area contributed by atoms with Crippen LogP contribution in [0.2, 0.25) is 0 Å². The van der Waals surface area contributed by atoms with Crippen LogP contribution in [0.15, 0.2) is 5.16 Å². The summed E-state index contributed by atoms with van der Waals surface area (Å²) in [6.07, 6.45) is 4.16. The number of tetrazole rings is 1. The second kappa shape index (κ2) is 5.46. The van der Waals surface area contributed by atoms with Crippen molar-refractivity contribution in [2.45, 2.75) is 31.0 Å². The highest BCUT2D eigenvalue weighted by Gasteiger charge is 2.18. The summed E-state index contributed by atoms with van der Waals surface area (Å²) in [7, 11) is 1.94. The zero-order valence-corrected chi connectivity index (χ0v) is 9.83. The van der Waals surface area contributed by atoms with Gasteiger partial charge in [0.05, 0.1) is 6.54 Å². The Bertz CT molecular complexity index is 296. The number of hydrogen-bond donors (Lipinski definition) is 1. The van der Waals surface area contributed by atoms with E-state index in [-0.39, 0.29) is 0 Å². The lowest BCUT2D eigenvalue weighted by atomic mass is 9.87. The van der Waals surface area contributed by atoms with Gasteiger partial charge in [0.25, 0.3) is 0 Å². The van der Waals surface area contributed by atoms with Crippen molar-refractivity contribution in [3.05, 3.63) is 0 Å². The SMILES string of the molecule is CNCCn1nnnc1SCC1CCC1. The Morgan fingerprint density at radius 1 is 1.53 bits per heavy atom. The van der Waals surface area contributed by atoms with E-state index in [1.165, 1.54) is 25.0 Å². The summed E-state index contributed by atoms with van der Waals surface area (Å²) in [5, 5.41) is 15.8. The summed E-state index contributed by atoms with van der Waals surface area (Å²) in [6.45, 7) is 1.75. The Balaban J connectivity index is 1.80. The van der Waals surface area contributed by atoms with Crippen molar-refractivity contribution in [2.24, 2.45) is 5.92 Å². The smallest absolute Gasteiger partial charge is 0.209 e. The molecule has 0 radical (unpaired) electrons. The highest BCUT2D eigenvalue weighted by molar-refractivity contribution is 7.99. The molecule has 0 amide bonds. The predicted octanol–water partition coefficient (Wildman–Crippen LogP) is 0.785. The lowest BCUT2D eigenvalue weighted by Gasteiger charge is -2.24. The normalized spacial score (nSPS) is 16.6. The van der Waals surface area contributed by atoms with Gasteiger partial charge in [-0.15, -0.1) is 5.10 Å². The van der Waals surface area contributed by atoms with Crippen LogP contribution in [0.1, 0.15) is 19.3 Å². The molecule has 1 aliphatic carbocycles. The lowest BCUT2D eigenvalue weighted by Crippen LogP contribution is -2.17. The number of nitrogens with one attached hydrogen (secondary N) is 1. The molecule has 0 atom stereocenters. The maximum atomic E-state index is 4.04. The molecule has 1 aliphatic rings. The average Bonchev–Trinajstić information content (AvgIpc) is 2.60. The summed E-state index contributed by atoms with van der Waals surface area (Å²) in [5.41, 5.74) is 0. The minimum Gasteiger partial charge on any atom is -0.318 e. The van der Waals surface area contributed by atoms with Crippen LogP contribution in [-0.2, 0) is 6.54 Å². The van der Waals surface area contributed by atoms with Gasteiger partial charge in [0.2, 0.25) is 5.16 Å². The van der Waals surface area contributed by atoms with E-state index in [0.29, 0.717) is 0 Å². The second-order valence-corrected chi connectivity index (χ2v) is 4.88. The van der Waals surface area contributed by atoms with E-state index in [4.69, 9.17) is 0 Å². The topological polar surface area (TPSA) is 55.6 Å². The largest absolute Gasteiger partial charge is 0.318 e. The fourth-order valence-corrected chi connectivity index (χ4v) is 2.60. The molecule has 1 N–H and O–H groups in total. The zero-order valence-electron chi connectivity index (χ0n) is 9.02. The van der Waals surface area contributed by atoms with Crippen LogP contribution < -0.4 is 5.32 Å². The third kappa shape index (κ3) is 2.92. The van der Waals surface area contributed by atoms with Crippen LogP contribution in [0.25, 0.3) is 0 Å². The molecule has 1 saturated carbocycles. The van der Waals surface area contributed by atoms with Gasteiger partial charge in [-0.25, -0.2) is 4.68 Å². The molecular formula is C9H17N5S. The van der Waals surface area contributed by atoms with Crippen molar-refractivity contribution < 1.29 is 0 Å². The average molecular weight is 227 g/mol. The number of thioether (sulfide) groups is 1. The van der Waals surface area contributed by atoms with Gasteiger partial charge in [0.15, 0.2) is 0 Å². The number of aromatic nitrogens is 4. The van der Waals surface area contributed by atoms with Gasteiger partial charge in [-0.1, -0.05) is 18.2 Å². The molecular weight excluding hydrogens is 210 g/mol. The van der Waals surface area contributed by atoms with Crippen molar-refractivity contribution in [2.75, 3.05) is 19.3 Å². The molecule has 0 bridgehead atoms. The molecule has 0 spiro atoms. The van der Waals surface area contributed by atoms with Gasteiger partial charge in [0, 0.05) is 12.3 Å². The molecule has 1 aromatic heterocycles. The molecule has 0 unspecified atom stereocenters. The van der Waals surface area contributed by atoms with Gasteiger partial charge in [0.1, 0.15) is 0 Å². The zero-order chi connectivity index (χ0) is 10.5. The molecule has 84 valence electrons. The van der Waals surface area contributed by atoms with E-state index in [0.717, 1.165) is 24.2 Å². The van der Waals surface area contributed by atoms with Crippen molar-refractivity contribution in [3.63, 3.8) is 0 Å². The van der Waals surface area contributed by atoms with E-state index in [1.807, 2.05) is 11.7 Å². The molecule has 1 aromatic rings. The summed E-state index contributed by atoms with van der Waals surface area (Å²) in [6, 6.07) is 0. The van der Waals surface area contributed by atoms with Gasteiger partial charge in [-0.2, -0.15) is 0 Å². The molecule has 0 saturated heterocycles. The summed E-state index contributed by atoms with van der Waals surface area (Å²) in [4.78, 5) is 0. The first-order valence-electron chi connectivity index (χ1n) is 5.43. The number of rotatable bonds is 6. The number of nitrogens with zero attached hydrogens (tertiary/aromatic N) is 4. The minimum atomic E-state index is 0.844. The van der Waals surface area contributed by atoms with Crippen LogP contribution in [0.5, 0.6) is 0 Å². The first kappa shape index (κ1) is 10.9. The molecule has 2 rings (SSSR count). The monoisotopic (exact) mass is 227 g/mol. The maximum Gasteiger partial charge on any atom is 0.209 e. The maximum absolute atomic E-state index is 4.04. The van der Waals surface area contributed by atoms with Crippen LogP contribution >= 0.6 is 11.8 Å². The fourth-order valence-electron chi connectivity index (χ4n) is 1.51. The molecule has 15 heavy (non-hydrogen) atoms. The Morgan fingerprint density at radius 2 is 2.40 bits per heavy atom. The molecule has 1 heterocycles. The van der Waals surface area contributed by atoms with E-state index < -0.39 is 0 Å². The molecule has 0 aliphatic heterocycles. The van der Waals surface area contributed by atoms with E-state index in [9.17, 15) is 0 Å². The number of hydrogen-bond acceptors (Lipinski definition) is 5. The Hall–Kier alpha value is -0.620. The van der Waals surface area contributed by atoms with E-state index in [2.05, 4.69) is 20.8 Å². The Morgan fingerprint density at radius 3 is 3.07 bits per heavy atom. The predicted molar refractivity (Wildman–Crippen MR) is 59.8 cm³/mol. The molecule has 5 nitrogen and oxygen atoms in total. The second-order valence-electron chi connectivity index (χ2n) is 3.90. The summed E-state index contributed by atoms with van der Waals surface area (Å²) >= 11 is 1.79. The van der Waals surface area contributed by atoms with Crippen LogP contribution in [0.4, 0.5) is 0 Å². The minimum absolute atomic E-state index is 0.844. The first-order valence-corrected chi connectivity index (χ1v) is 6.42. The van der Waals surface area contributed by atoms with Gasteiger partial charge in [-0.3, -0.25) is 0 Å². The summed E-state index contributed by atoms with van der Waals surface area (Å²) < 4.78 is 1.87. The Labute approximate surface area is 94.0 Å². The van der Waals surface area contributed by atoms with E-state index in [1.54, 1.807) is 11.8 Å². The highest BCUT2D eigenvalue weighted by atomic mass is 32.2. The molecule has 0 aromatic carbocycles. The first-order chi connectivity index (χ1) is 7.40. The van der Waals surface area contributed by atoms with E-state index >= 15 is 0 Å². The highest BCUT2D eigenvalue weighted by Crippen LogP contribution is 2.31. The van der Waals surface area contributed by atoms with Crippen molar-refractivity contribution in [1.82, 2.24) is 25.5 Å². The number of likely N-dealkylation sites (N-methyl/N-ethyl adjacent to an activating group) is 1. The third-order valence-corrected chi connectivity index (χ3v) is 3.93. The quantitative estimate of drug-likeness (QED) is 0.728. The van der Waals surface area contributed by atoms with Gasteiger partial charge in [-0.05, 0) is 36.2 Å². The van der Waals surface area contributed by atoms with Crippen molar-refractivity contribution in [3.8, 4) is 0 Å². The van der Waals surface area contributed by atoms with Crippen LogP contribution in [0, 0.1) is 5.92 Å². The van der Waals surface area contributed by atoms with Crippen LogP contribution in [0.3, 0.4) is 0 Å².